The Balaban J connectivity index is 1.94. The molecule has 17 heavy (non-hydrogen) atoms. The van der Waals surface area contributed by atoms with E-state index in [1.54, 1.807) is 0 Å². The second-order valence-corrected chi connectivity index (χ2v) is 5.12. The Morgan fingerprint density at radius 2 is 1.76 bits per heavy atom. The smallest absolute Gasteiger partial charge is 0.130 e. The minimum absolute atomic E-state index is 0.0403. The van der Waals surface area contributed by atoms with Gasteiger partial charge in [-0.25, -0.2) is 8.78 Å². The van der Waals surface area contributed by atoms with Gasteiger partial charge in [-0.2, -0.15) is 0 Å². The van der Waals surface area contributed by atoms with Gasteiger partial charge >= 0.3 is 0 Å². The number of fused-ring (bicyclic) bond motifs is 1. The zero-order chi connectivity index (χ0) is 11.8. The van der Waals surface area contributed by atoms with Crippen LogP contribution >= 0.6 is 0 Å². The summed E-state index contributed by atoms with van der Waals surface area (Å²) in [5, 5.41) is 0. The van der Waals surface area contributed by atoms with Gasteiger partial charge in [-0.05, 0) is 44.4 Å². The summed E-state index contributed by atoms with van der Waals surface area (Å²) < 4.78 is 27.6. The molecule has 2 fully saturated rings. The molecular weight excluding hydrogens is 220 g/mol. The van der Waals surface area contributed by atoms with Gasteiger partial charge in [0.2, 0.25) is 0 Å². The Labute approximate surface area is 100 Å². The Hall–Kier alpha value is -0.960. The van der Waals surface area contributed by atoms with Gasteiger partial charge in [-0.3, -0.25) is 4.90 Å². The molecule has 0 saturated carbocycles. The van der Waals surface area contributed by atoms with Crippen molar-refractivity contribution in [2.75, 3.05) is 6.54 Å². The SMILES string of the molecule is Fc1cccc(F)c1C1CCC2CCCCN21. The Kier molecular flexibility index (Phi) is 2.87. The lowest BCUT2D eigenvalue weighted by Crippen LogP contribution is -2.36. The van der Waals surface area contributed by atoms with Gasteiger partial charge in [-0.1, -0.05) is 12.5 Å². The summed E-state index contributed by atoms with van der Waals surface area (Å²) in [6.45, 7) is 0.989. The molecule has 2 aliphatic heterocycles. The molecule has 0 amide bonds. The van der Waals surface area contributed by atoms with E-state index in [1.165, 1.54) is 31.0 Å². The third kappa shape index (κ3) is 1.86. The van der Waals surface area contributed by atoms with E-state index in [1.807, 2.05) is 0 Å². The third-order valence-corrected chi connectivity index (χ3v) is 4.18. The first-order valence-electron chi connectivity index (χ1n) is 6.47. The van der Waals surface area contributed by atoms with Crippen LogP contribution < -0.4 is 0 Å². The van der Waals surface area contributed by atoms with Crippen LogP contribution in [0.2, 0.25) is 0 Å². The van der Waals surface area contributed by atoms with Crippen LogP contribution in [0.25, 0.3) is 0 Å². The van der Waals surface area contributed by atoms with E-state index in [4.69, 9.17) is 0 Å². The fourth-order valence-electron chi connectivity index (χ4n) is 3.40. The van der Waals surface area contributed by atoms with Crippen molar-refractivity contribution in [2.45, 2.75) is 44.2 Å². The molecule has 1 aromatic carbocycles. The normalized spacial score (nSPS) is 29.3. The number of benzene rings is 1. The van der Waals surface area contributed by atoms with Crippen LogP contribution in [-0.2, 0) is 0 Å². The molecule has 3 heteroatoms. The highest BCUT2D eigenvalue weighted by molar-refractivity contribution is 5.25. The summed E-state index contributed by atoms with van der Waals surface area (Å²) in [4.78, 5) is 2.31. The van der Waals surface area contributed by atoms with Crippen molar-refractivity contribution in [2.24, 2.45) is 0 Å². The van der Waals surface area contributed by atoms with E-state index in [2.05, 4.69) is 4.90 Å². The molecule has 0 radical (unpaired) electrons. The first kappa shape index (κ1) is 11.1. The van der Waals surface area contributed by atoms with E-state index in [0.717, 1.165) is 25.8 Å². The first-order valence-corrected chi connectivity index (χ1v) is 6.47. The molecule has 92 valence electrons. The summed E-state index contributed by atoms with van der Waals surface area (Å²) in [6, 6.07) is 4.69. The molecule has 0 N–H and O–H groups in total. The fourth-order valence-corrected chi connectivity index (χ4v) is 3.40. The molecule has 0 aliphatic carbocycles. The van der Waals surface area contributed by atoms with E-state index in [-0.39, 0.29) is 23.2 Å². The molecule has 3 rings (SSSR count). The standard InChI is InChI=1S/C14H17F2N/c15-11-5-3-6-12(16)14(11)13-8-7-10-4-1-2-9-17(10)13/h3,5-6,10,13H,1-2,4,7-9H2. The van der Waals surface area contributed by atoms with Crippen molar-refractivity contribution in [3.63, 3.8) is 0 Å². The molecule has 0 bridgehead atoms. The Bertz CT molecular complexity index is 398. The predicted octanol–water partition coefficient (Wildman–Crippen LogP) is 3.65. The summed E-state index contributed by atoms with van der Waals surface area (Å²) >= 11 is 0. The maximum Gasteiger partial charge on any atom is 0.130 e. The minimum atomic E-state index is -0.388. The zero-order valence-corrected chi connectivity index (χ0v) is 9.83. The van der Waals surface area contributed by atoms with Crippen LogP contribution in [0, 0.1) is 11.6 Å². The lowest BCUT2D eigenvalue weighted by molar-refractivity contribution is 0.145. The number of halogens is 2. The van der Waals surface area contributed by atoms with Gasteiger partial charge in [0.25, 0.3) is 0 Å². The number of hydrogen-bond acceptors (Lipinski definition) is 1. The van der Waals surface area contributed by atoms with E-state index < -0.39 is 0 Å². The van der Waals surface area contributed by atoms with E-state index >= 15 is 0 Å². The molecule has 0 spiro atoms. The predicted molar refractivity (Wildman–Crippen MR) is 62.7 cm³/mol. The van der Waals surface area contributed by atoms with Gasteiger partial charge < -0.3 is 0 Å². The largest absolute Gasteiger partial charge is 0.293 e. The number of nitrogens with zero attached hydrogens (tertiary/aromatic N) is 1. The second kappa shape index (κ2) is 4.37. The summed E-state index contributed by atoms with van der Waals surface area (Å²) in [6.07, 6.45) is 5.57. The molecule has 2 atom stereocenters. The topological polar surface area (TPSA) is 3.24 Å². The molecule has 0 aromatic heterocycles. The highest BCUT2D eigenvalue weighted by Crippen LogP contribution is 2.41. The van der Waals surface area contributed by atoms with Crippen molar-refractivity contribution in [3.8, 4) is 0 Å². The van der Waals surface area contributed by atoms with Crippen LogP contribution in [0.1, 0.15) is 43.7 Å². The van der Waals surface area contributed by atoms with Crippen molar-refractivity contribution < 1.29 is 8.78 Å². The monoisotopic (exact) mass is 237 g/mol. The maximum atomic E-state index is 13.8. The summed E-state index contributed by atoms with van der Waals surface area (Å²) in [7, 11) is 0. The number of rotatable bonds is 1. The average molecular weight is 237 g/mol. The van der Waals surface area contributed by atoms with Crippen LogP contribution in [0.5, 0.6) is 0 Å². The highest BCUT2D eigenvalue weighted by Gasteiger charge is 2.37. The van der Waals surface area contributed by atoms with Gasteiger partial charge in [0.1, 0.15) is 11.6 Å². The Morgan fingerprint density at radius 1 is 1.00 bits per heavy atom. The van der Waals surface area contributed by atoms with Crippen molar-refractivity contribution in [1.29, 1.82) is 0 Å². The summed E-state index contributed by atoms with van der Waals surface area (Å²) in [5.74, 6) is -0.776. The average Bonchev–Trinajstić information content (AvgIpc) is 2.73. The molecule has 2 unspecified atom stereocenters. The highest BCUT2D eigenvalue weighted by atomic mass is 19.1. The second-order valence-electron chi connectivity index (χ2n) is 5.12. The summed E-state index contributed by atoms with van der Waals surface area (Å²) in [5.41, 5.74) is 0.289. The lowest BCUT2D eigenvalue weighted by atomic mass is 10.0. The molecular formula is C14H17F2N. The first-order chi connectivity index (χ1) is 8.27. The number of hydrogen-bond donors (Lipinski definition) is 0. The van der Waals surface area contributed by atoms with Gasteiger partial charge in [-0.15, -0.1) is 0 Å². The maximum absolute atomic E-state index is 13.8. The van der Waals surface area contributed by atoms with Crippen LogP contribution in [0.3, 0.4) is 0 Å². The quantitative estimate of drug-likeness (QED) is 0.720. The van der Waals surface area contributed by atoms with Crippen molar-refractivity contribution in [1.82, 2.24) is 4.90 Å². The minimum Gasteiger partial charge on any atom is -0.293 e. The molecule has 1 nitrogen and oxygen atoms in total. The third-order valence-electron chi connectivity index (χ3n) is 4.18. The van der Waals surface area contributed by atoms with Gasteiger partial charge in [0, 0.05) is 17.6 Å². The molecule has 2 saturated heterocycles. The van der Waals surface area contributed by atoms with Gasteiger partial charge in [0.05, 0.1) is 0 Å². The number of piperidine rings is 1. The van der Waals surface area contributed by atoms with E-state index in [9.17, 15) is 8.78 Å². The Morgan fingerprint density at radius 3 is 2.53 bits per heavy atom. The van der Waals surface area contributed by atoms with Crippen molar-refractivity contribution in [3.05, 3.63) is 35.4 Å². The lowest BCUT2D eigenvalue weighted by Gasteiger charge is -2.34. The van der Waals surface area contributed by atoms with E-state index in [0.29, 0.717) is 6.04 Å². The van der Waals surface area contributed by atoms with Crippen LogP contribution in [0.4, 0.5) is 8.78 Å². The van der Waals surface area contributed by atoms with Gasteiger partial charge in [0.15, 0.2) is 0 Å². The molecule has 2 heterocycles. The van der Waals surface area contributed by atoms with Crippen LogP contribution in [-0.4, -0.2) is 17.5 Å². The fraction of sp³-hybridized carbons (Fsp3) is 0.571. The molecule has 2 aliphatic rings. The zero-order valence-electron chi connectivity index (χ0n) is 9.83. The van der Waals surface area contributed by atoms with Crippen molar-refractivity contribution >= 4 is 0 Å². The molecule has 1 aromatic rings. The van der Waals surface area contributed by atoms with Crippen LogP contribution in [0.15, 0.2) is 18.2 Å².